The van der Waals surface area contributed by atoms with Gasteiger partial charge in [0.05, 0.1) is 21.1 Å². The highest BCUT2D eigenvalue weighted by Gasteiger charge is 2.23. The summed E-state index contributed by atoms with van der Waals surface area (Å²) >= 11 is 1.16. The molecule has 6 heteroatoms. The zero-order valence-corrected chi connectivity index (χ0v) is 15.7. The van der Waals surface area contributed by atoms with Crippen LogP contribution in [0.3, 0.4) is 0 Å². The van der Waals surface area contributed by atoms with Gasteiger partial charge in [0, 0.05) is 5.92 Å². The van der Waals surface area contributed by atoms with Gasteiger partial charge in [-0.25, -0.2) is 0 Å². The molecule has 1 heterocycles. The lowest BCUT2D eigenvalue weighted by Crippen LogP contribution is -2.21. The Morgan fingerprint density at radius 1 is 0.962 bits per heavy atom. The summed E-state index contributed by atoms with van der Waals surface area (Å²) in [5.74, 6) is -0.286. The van der Waals surface area contributed by atoms with Gasteiger partial charge in [-0.15, -0.1) is 11.3 Å². The monoisotopic (exact) mass is 370 g/mol. The molecular formula is C20H22N2O3S. The van der Waals surface area contributed by atoms with Crippen molar-refractivity contribution in [1.29, 1.82) is 0 Å². The third-order valence-electron chi connectivity index (χ3n) is 4.58. The summed E-state index contributed by atoms with van der Waals surface area (Å²) in [6, 6.07) is 8.85. The molecule has 0 atom stereocenters. The second-order valence-electron chi connectivity index (χ2n) is 6.69. The molecule has 26 heavy (non-hydrogen) atoms. The minimum absolute atomic E-state index is 0.0110. The van der Waals surface area contributed by atoms with Gasteiger partial charge in [0.2, 0.25) is 5.91 Å². The first-order valence-electron chi connectivity index (χ1n) is 8.77. The molecule has 3 rings (SSSR count). The summed E-state index contributed by atoms with van der Waals surface area (Å²) in [5, 5.41) is 5.82. The standard InChI is InChI=1S/C20H22N2O3S/c1-12-7-8-15(21-19(24)14-5-3-4-6-14)16(11-12)22-20(25)18-10-9-17(26-18)13(2)23/h7-11,14H,3-6H2,1-2H3,(H,21,24)(H,22,25). The molecule has 0 spiro atoms. The van der Waals surface area contributed by atoms with Crippen LogP contribution in [0.15, 0.2) is 30.3 Å². The third-order valence-corrected chi connectivity index (χ3v) is 5.77. The van der Waals surface area contributed by atoms with Crippen molar-refractivity contribution in [3.63, 3.8) is 0 Å². The molecule has 5 nitrogen and oxygen atoms in total. The van der Waals surface area contributed by atoms with E-state index in [1.54, 1.807) is 12.1 Å². The first-order valence-corrected chi connectivity index (χ1v) is 9.59. The number of thiophene rings is 1. The Morgan fingerprint density at radius 3 is 2.31 bits per heavy atom. The lowest BCUT2D eigenvalue weighted by atomic mass is 10.1. The summed E-state index contributed by atoms with van der Waals surface area (Å²) in [5.41, 5.74) is 2.15. The molecule has 2 amide bonds. The van der Waals surface area contributed by atoms with Crippen LogP contribution in [0.25, 0.3) is 0 Å². The van der Waals surface area contributed by atoms with Crippen LogP contribution in [0.2, 0.25) is 0 Å². The van der Waals surface area contributed by atoms with E-state index < -0.39 is 0 Å². The number of Topliss-reactive ketones (excluding diaryl/α,β-unsaturated/α-hetero) is 1. The quantitative estimate of drug-likeness (QED) is 0.753. The summed E-state index contributed by atoms with van der Waals surface area (Å²) in [4.78, 5) is 37.4. The molecule has 0 unspecified atom stereocenters. The van der Waals surface area contributed by atoms with Crippen molar-refractivity contribution in [2.75, 3.05) is 10.6 Å². The molecule has 1 fully saturated rings. The number of hydrogen-bond donors (Lipinski definition) is 2. The number of carbonyl (C=O) groups excluding carboxylic acids is 3. The van der Waals surface area contributed by atoms with Gasteiger partial charge in [-0.1, -0.05) is 18.9 Å². The van der Waals surface area contributed by atoms with E-state index in [2.05, 4.69) is 10.6 Å². The van der Waals surface area contributed by atoms with Crippen LogP contribution in [0.5, 0.6) is 0 Å². The van der Waals surface area contributed by atoms with Crippen LogP contribution >= 0.6 is 11.3 Å². The number of nitrogens with one attached hydrogen (secondary N) is 2. The maximum Gasteiger partial charge on any atom is 0.265 e. The van der Waals surface area contributed by atoms with E-state index in [0.29, 0.717) is 21.1 Å². The fraction of sp³-hybridized carbons (Fsp3) is 0.350. The number of hydrogen-bond acceptors (Lipinski definition) is 4. The summed E-state index contributed by atoms with van der Waals surface area (Å²) in [6.07, 6.45) is 4.02. The average Bonchev–Trinajstić information content (AvgIpc) is 3.29. The summed E-state index contributed by atoms with van der Waals surface area (Å²) < 4.78 is 0. The number of aryl methyl sites for hydroxylation is 1. The van der Waals surface area contributed by atoms with Crippen molar-refractivity contribution >= 4 is 40.3 Å². The van der Waals surface area contributed by atoms with Crippen LogP contribution in [-0.2, 0) is 4.79 Å². The van der Waals surface area contributed by atoms with Gasteiger partial charge in [-0.2, -0.15) is 0 Å². The predicted molar refractivity (Wildman–Crippen MR) is 104 cm³/mol. The molecule has 1 aromatic carbocycles. The van der Waals surface area contributed by atoms with Crippen molar-refractivity contribution in [3.8, 4) is 0 Å². The number of ketones is 1. The molecule has 136 valence electrons. The fourth-order valence-electron chi connectivity index (χ4n) is 3.13. The lowest BCUT2D eigenvalue weighted by molar-refractivity contribution is -0.119. The Morgan fingerprint density at radius 2 is 1.65 bits per heavy atom. The lowest BCUT2D eigenvalue weighted by Gasteiger charge is -2.15. The minimum atomic E-state index is -0.288. The van der Waals surface area contributed by atoms with E-state index in [-0.39, 0.29) is 23.5 Å². The summed E-state index contributed by atoms with van der Waals surface area (Å²) in [6.45, 7) is 3.40. The van der Waals surface area contributed by atoms with E-state index in [1.807, 2.05) is 25.1 Å². The number of anilines is 2. The average molecular weight is 370 g/mol. The van der Waals surface area contributed by atoms with Crippen LogP contribution in [0.1, 0.15) is 57.5 Å². The van der Waals surface area contributed by atoms with Gasteiger partial charge in [-0.05, 0) is 56.5 Å². The predicted octanol–water partition coefficient (Wildman–Crippen LogP) is 4.64. The fourth-order valence-corrected chi connectivity index (χ4v) is 3.92. The molecular weight excluding hydrogens is 348 g/mol. The largest absolute Gasteiger partial charge is 0.324 e. The summed E-state index contributed by atoms with van der Waals surface area (Å²) in [7, 11) is 0. The van der Waals surface area contributed by atoms with Gasteiger partial charge in [0.15, 0.2) is 5.78 Å². The molecule has 1 saturated carbocycles. The maximum absolute atomic E-state index is 12.5. The SMILES string of the molecule is CC(=O)c1ccc(C(=O)Nc2cc(C)ccc2NC(=O)C2CCCC2)s1. The first-order chi connectivity index (χ1) is 12.4. The van der Waals surface area contributed by atoms with E-state index in [4.69, 9.17) is 0 Å². The Bertz CT molecular complexity index is 850. The molecule has 2 aromatic rings. The van der Waals surface area contributed by atoms with E-state index >= 15 is 0 Å². The molecule has 1 aromatic heterocycles. The van der Waals surface area contributed by atoms with Gasteiger partial charge in [0.1, 0.15) is 0 Å². The number of carbonyl (C=O) groups is 3. The maximum atomic E-state index is 12.5. The van der Waals surface area contributed by atoms with Crippen molar-refractivity contribution in [2.24, 2.45) is 5.92 Å². The van der Waals surface area contributed by atoms with Crippen molar-refractivity contribution in [1.82, 2.24) is 0 Å². The Kier molecular flexibility index (Phi) is 5.52. The normalized spacial score (nSPS) is 14.2. The molecule has 0 bridgehead atoms. The van der Waals surface area contributed by atoms with E-state index in [9.17, 15) is 14.4 Å². The highest BCUT2D eigenvalue weighted by molar-refractivity contribution is 7.16. The van der Waals surface area contributed by atoms with Crippen molar-refractivity contribution in [2.45, 2.75) is 39.5 Å². The highest BCUT2D eigenvalue weighted by Crippen LogP contribution is 2.29. The number of rotatable bonds is 5. The number of amides is 2. The molecule has 1 aliphatic rings. The van der Waals surface area contributed by atoms with E-state index in [0.717, 1.165) is 42.6 Å². The Labute approximate surface area is 156 Å². The number of benzene rings is 1. The Hall–Kier alpha value is -2.47. The smallest absolute Gasteiger partial charge is 0.265 e. The zero-order chi connectivity index (χ0) is 18.7. The van der Waals surface area contributed by atoms with Crippen LogP contribution in [0.4, 0.5) is 11.4 Å². The second-order valence-corrected chi connectivity index (χ2v) is 7.78. The third kappa shape index (κ3) is 4.19. The Balaban J connectivity index is 1.77. The van der Waals surface area contributed by atoms with Gasteiger partial charge in [0.25, 0.3) is 5.91 Å². The van der Waals surface area contributed by atoms with E-state index in [1.165, 1.54) is 6.92 Å². The molecule has 0 saturated heterocycles. The van der Waals surface area contributed by atoms with Crippen LogP contribution < -0.4 is 10.6 Å². The molecule has 0 radical (unpaired) electrons. The highest BCUT2D eigenvalue weighted by atomic mass is 32.1. The zero-order valence-electron chi connectivity index (χ0n) is 14.9. The molecule has 0 aliphatic heterocycles. The minimum Gasteiger partial charge on any atom is -0.324 e. The van der Waals surface area contributed by atoms with Crippen molar-refractivity contribution in [3.05, 3.63) is 45.6 Å². The van der Waals surface area contributed by atoms with Gasteiger partial charge in [-0.3, -0.25) is 14.4 Å². The second kappa shape index (κ2) is 7.83. The molecule has 1 aliphatic carbocycles. The van der Waals surface area contributed by atoms with Crippen LogP contribution in [-0.4, -0.2) is 17.6 Å². The van der Waals surface area contributed by atoms with Gasteiger partial charge >= 0.3 is 0 Å². The first kappa shape index (κ1) is 18.3. The molecule has 2 N–H and O–H groups in total. The van der Waals surface area contributed by atoms with Crippen molar-refractivity contribution < 1.29 is 14.4 Å². The van der Waals surface area contributed by atoms with Gasteiger partial charge < -0.3 is 10.6 Å². The topological polar surface area (TPSA) is 75.3 Å². The van der Waals surface area contributed by atoms with Crippen LogP contribution in [0, 0.1) is 12.8 Å².